The summed E-state index contributed by atoms with van der Waals surface area (Å²) in [6.45, 7) is 0.267. The van der Waals surface area contributed by atoms with Crippen molar-refractivity contribution < 1.29 is 61.9 Å². The number of alkyl halides is 3. The van der Waals surface area contributed by atoms with Crippen LogP contribution in [0.1, 0.15) is 12.1 Å². The van der Waals surface area contributed by atoms with Crippen LogP contribution in [0, 0.1) is 0 Å². The standard InChI is InChI=1S/C24H22N8O7S2.C2HF3O2/c25-15(33)8-30-4-1-2-13(7-30)31-5-3-11(20(31)35)6-12-9-40-22-17(21(36)32(22)18(12)23(37)38)28-19(34)16(29-39)14-10-41-24(26)27-14;3-2(4,5)1(6)7/h1-2,4,6-7,10,17,22H,3,5,8-9H2,(H6-,25,26,27,28,33,34,37,38,39);(H,6,7)/t17-,22-;/m1./s1. The summed E-state index contributed by atoms with van der Waals surface area (Å²) in [4.78, 5) is 77.6. The number of carboxylic acids is 2. The molecule has 3 aliphatic heterocycles. The van der Waals surface area contributed by atoms with Crippen molar-refractivity contribution in [2.75, 3.05) is 22.9 Å². The number of carbonyl (C=O) groups excluding carboxylic acids is 5. The number of aromatic nitrogens is 2. The molecular weight excluding hydrogens is 689 g/mol. The molecule has 0 aliphatic carbocycles. The van der Waals surface area contributed by atoms with Crippen LogP contribution in [0.15, 0.2) is 58.0 Å². The number of fused-ring (bicyclic) bond motifs is 1. The largest absolute Gasteiger partial charge is 0.543 e. The van der Waals surface area contributed by atoms with Crippen LogP contribution in [0.3, 0.4) is 0 Å². The Morgan fingerprint density at radius 3 is 2.52 bits per heavy atom. The quantitative estimate of drug-likeness (QED) is 0.0501. The van der Waals surface area contributed by atoms with Gasteiger partial charge >= 0.3 is 12.1 Å². The third kappa shape index (κ3) is 7.54. The van der Waals surface area contributed by atoms with Gasteiger partial charge in [0, 0.05) is 29.3 Å². The number of nitrogens with one attached hydrogen (secondary N) is 1. The number of allylic oxidation sites excluding steroid dienone is 1. The SMILES string of the molecule is NC(=O)C[n+]1cccc(N2CCC(=CC3=C(C(=O)[O-])N4C(=O)[C@@H](NC(=O)C(=NO)c5csc(N)n5)[C@H]4SC3)C2=O)c1.O=C(O)C(F)(F)F. The summed E-state index contributed by atoms with van der Waals surface area (Å²) >= 11 is 2.22. The Hall–Kier alpha value is -5.51. The van der Waals surface area contributed by atoms with Gasteiger partial charge in [-0.05, 0) is 24.1 Å². The zero-order valence-electron chi connectivity index (χ0n) is 24.0. The van der Waals surface area contributed by atoms with Crippen LogP contribution in [0.5, 0.6) is 0 Å². The third-order valence-corrected chi connectivity index (χ3v) is 8.74. The Balaban J connectivity index is 0.000000671. The number of pyridine rings is 1. The van der Waals surface area contributed by atoms with E-state index in [1.165, 1.54) is 28.1 Å². The Labute approximate surface area is 275 Å². The highest BCUT2D eigenvalue weighted by Crippen LogP contribution is 2.41. The van der Waals surface area contributed by atoms with Gasteiger partial charge in [0.25, 0.3) is 23.6 Å². The van der Waals surface area contributed by atoms with Gasteiger partial charge in [0.15, 0.2) is 23.2 Å². The number of nitrogen functional groups attached to an aromatic ring is 1. The summed E-state index contributed by atoms with van der Waals surface area (Å²) in [7, 11) is 0. The number of thioether (sulfide) groups is 1. The van der Waals surface area contributed by atoms with Gasteiger partial charge in [-0.3, -0.25) is 24.1 Å². The number of anilines is 2. The van der Waals surface area contributed by atoms with E-state index in [0.29, 0.717) is 24.2 Å². The molecule has 2 aromatic heterocycles. The molecule has 7 N–H and O–H groups in total. The van der Waals surface area contributed by atoms with Crippen LogP contribution in [0.2, 0.25) is 0 Å². The molecule has 5 heterocycles. The van der Waals surface area contributed by atoms with E-state index in [0.717, 1.165) is 16.2 Å². The average Bonchev–Trinajstić information content (AvgIpc) is 3.60. The maximum Gasteiger partial charge on any atom is 0.490 e. The van der Waals surface area contributed by atoms with E-state index in [1.807, 2.05) is 0 Å². The molecule has 17 nitrogen and oxygen atoms in total. The number of primary amides is 1. The summed E-state index contributed by atoms with van der Waals surface area (Å²) in [5.74, 6) is -6.72. The lowest BCUT2D eigenvalue weighted by molar-refractivity contribution is -0.683. The molecule has 0 radical (unpaired) electrons. The van der Waals surface area contributed by atoms with Gasteiger partial charge in [-0.25, -0.2) is 9.78 Å². The monoisotopic (exact) mass is 712 g/mol. The molecule has 2 fully saturated rings. The second kappa shape index (κ2) is 14.1. The lowest BCUT2D eigenvalue weighted by atomic mass is 10.0. The van der Waals surface area contributed by atoms with Crippen molar-refractivity contribution in [3.8, 4) is 0 Å². The van der Waals surface area contributed by atoms with Crippen LogP contribution >= 0.6 is 23.1 Å². The highest BCUT2D eigenvalue weighted by atomic mass is 32.2. The van der Waals surface area contributed by atoms with Crippen LogP contribution in [-0.4, -0.2) is 91.4 Å². The lowest BCUT2D eigenvalue weighted by Gasteiger charge is -2.50. The van der Waals surface area contributed by atoms with Crippen LogP contribution in [-0.2, 0) is 35.3 Å². The summed E-state index contributed by atoms with van der Waals surface area (Å²) in [6, 6.07) is 2.28. The molecular formula is C26H23F3N8O9S2. The Morgan fingerprint density at radius 1 is 1.27 bits per heavy atom. The lowest BCUT2D eigenvalue weighted by Crippen LogP contribution is -2.71. The average molecular weight is 713 g/mol. The van der Waals surface area contributed by atoms with Crippen molar-refractivity contribution in [1.29, 1.82) is 0 Å². The fourth-order valence-corrected chi connectivity index (χ4v) is 6.57. The number of aliphatic carboxylic acids is 2. The number of hydrogen-bond donors (Lipinski definition) is 5. The second-order valence-corrected chi connectivity index (χ2v) is 11.9. The molecule has 0 aromatic carbocycles. The van der Waals surface area contributed by atoms with E-state index in [2.05, 4.69) is 15.5 Å². The van der Waals surface area contributed by atoms with Gasteiger partial charge in [0.2, 0.25) is 6.54 Å². The minimum Gasteiger partial charge on any atom is -0.543 e. The van der Waals surface area contributed by atoms with Gasteiger partial charge in [0.1, 0.15) is 22.8 Å². The van der Waals surface area contributed by atoms with Crippen LogP contribution < -0.4 is 31.4 Å². The molecule has 0 spiro atoms. The minimum atomic E-state index is -5.08. The molecule has 254 valence electrons. The molecule has 2 atom stereocenters. The van der Waals surface area contributed by atoms with Gasteiger partial charge in [-0.1, -0.05) is 5.16 Å². The van der Waals surface area contributed by atoms with Crippen LogP contribution in [0.4, 0.5) is 24.0 Å². The first-order valence-corrected chi connectivity index (χ1v) is 15.2. The molecule has 48 heavy (non-hydrogen) atoms. The summed E-state index contributed by atoms with van der Waals surface area (Å²) in [6.07, 6.45) is -0.0514. The highest BCUT2D eigenvalue weighted by molar-refractivity contribution is 8.00. The molecule has 0 unspecified atom stereocenters. The molecule has 22 heteroatoms. The predicted octanol–water partition coefficient (Wildman–Crippen LogP) is -1.92. The zero-order chi connectivity index (χ0) is 35.5. The van der Waals surface area contributed by atoms with E-state index >= 15 is 0 Å². The predicted molar refractivity (Wildman–Crippen MR) is 156 cm³/mol. The topological polar surface area (TPSA) is 266 Å². The van der Waals surface area contributed by atoms with E-state index in [1.54, 1.807) is 29.1 Å². The van der Waals surface area contributed by atoms with E-state index in [-0.39, 0.29) is 40.3 Å². The van der Waals surface area contributed by atoms with Gasteiger partial charge < -0.3 is 41.9 Å². The molecule has 0 saturated carbocycles. The van der Waals surface area contributed by atoms with Crippen molar-refractivity contribution in [2.45, 2.75) is 30.6 Å². The summed E-state index contributed by atoms with van der Waals surface area (Å²) in [5, 5.41) is 34.8. The number of halogens is 3. The van der Waals surface area contributed by atoms with Gasteiger partial charge in [-0.15, -0.1) is 23.1 Å². The van der Waals surface area contributed by atoms with Crippen molar-refractivity contribution >= 4 is 75.2 Å². The number of thiazole rings is 1. The normalized spacial score (nSPS) is 20.1. The number of hydrogen-bond acceptors (Lipinski definition) is 13. The first-order valence-electron chi connectivity index (χ1n) is 13.3. The molecule has 4 amide bonds. The number of nitrogens with two attached hydrogens (primary N) is 2. The van der Waals surface area contributed by atoms with Gasteiger partial charge in [-0.2, -0.15) is 17.7 Å². The maximum absolute atomic E-state index is 13.2. The summed E-state index contributed by atoms with van der Waals surface area (Å²) < 4.78 is 33.3. The minimum absolute atomic E-state index is 0.0186. The molecule has 0 bridgehead atoms. The van der Waals surface area contributed by atoms with Crippen molar-refractivity contribution in [3.05, 3.63) is 58.5 Å². The van der Waals surface area contributed by atoms with Crippen molar-refractivity contribution in [1.82, 2.24) is 15.2 Å². The maximum atomic E-state index is 13.2. The highest BCUT2D eigenvalue weighted by Gasteiger charge is 2.53. The van der Waals surface area contributed by atoms with E-state index < -0.39 is 53.0 Å². The zero-order valence-corrected chi connectivity index (χ0v) is 25.7. The van der Waals surface area contributed by atoms with Crippen LogP contribution in [0.25, 0.3) is 0 Å². The fourth-order valence-electron chi connectivity index (χ4n) is 4.71. The Kier molecular flexibility index (Phi) is 10.4. The summed E-state index contributed by atoms with van der Waals surface area (Å²) in [5.41, 5.74) is 11.1. The third-order valence-electron chi connectivity index (χ3n) is 6.77. The molecule has 3 aliphatic rings. The van der Waals surface area contributed by atoms with Crippen molar-refractivity contribution in [3.63, 3.8) is 0 Å². The number of carboxylic acid groups (broad SMARTS) is 2. The number of amides is 4. The number of oxime groups is 1. The number of nitrogens with zero attached hydrogens (tertiary/aromatic N) is 5. The fraction of sp³-hybridized carbons (Fsp3) is 0.269. The Bertz CT molecular complexity index is 1790. The first kappa shape index (κ1) is 35.3. The van der Waals surface area contributed by atoms with E-state index in [4.69, 9.17) is 21.4 Å². The smallest absolute Gasteiger partial charge is 0.490 e. The van der Waals surface area contributed by atoms with Crippen molar-refractivity contribution in [2.24, 2.45) is 10.9 Å². The number of β-lactam (4-membered cyclic amide) rings is 1. The Morgan fingerprint density at radius 2 is 1.96 bits per heavy atom. The second-order valence-electron chi connectivity index (χ2n) is 9.92. The number of rotatable bonds is 8. The molecule has 2 saturated heterocycles. The van der Waals surface area contributed by atoms with Gasteiger partial charge in [0.05, 0.1) is 11.7 Å². The van der Waals surface area contributed by atoms with E-state index in [9.17, 15) is 47.5 Å². The first-order chi connectivity index (χ1) is 22.5. The molecule has 5 rings (SSSR count). The number of carbonyl (C=O) groups is 6. The molecule has 2 aromatic rings.